The Balaban J connectivity index is 3.49. The van der Waals surface area contributed by atoms with Gasteiger partial charge in [-0.05, 0) is 0 Å². The fraction of sp³-hybridized carbons (Fsp3) is 0.600. The molecule has 17 heavy (non-hydrogen) atoms. The van der Waals surface area contributed by atoms with Gasteiger partial charge in [0.15, 0.2) is 0 Å². The van der Waals surface area contributed by atoms with Crippen molar-refractivity contribution in [3.63, 3.8) is 0 Å². The second-order valence-electron chi connectivity index (χ2n) is 6.77. The van der Waals surface area contributed by atoms with Crippen LogP contribution in [0.4, 0.5) is 0 Å². The van der Waals surface area contributed by atoms with Gasteiger partial charge in [0.1, 0.15) is 0 Å². The SMILES string of the molecule is Cc1cc([O][Ti])c(C(C)(C)C)cc1C(C)(C)C. The fourth-order valence-corrected chi connectivity index (χ4v) is 2.42. The van der Waals surface area contributed by atoms with Crippen LogP contribution in [-0.4, -0.2) is 0 Å². The summed E-state index contributed by atoms with van der Waals surface area (Å²) >= 11 is 1.75. The molecule has 0 saturated heterocycles. The molecule has 0 spiro atoms. The molecule has 1 aromatic rings. The second-order valence-corrected chi connectivity index (χ2v) is 7.08. The van der Waals surface area contributed by atoms with Crippen LogP contribution in [0.15, 0.2) is 12.1 Å². The van der Waals surface area contributed by atoms with Gasteiger partial charge in [-0.2, -0.15) is 0 Å². The van der Waals surface area contributed by atoms with Gasteiger partial charge in [-0.1, -0.05) is 0 Å². The number of aryl methyl sites for hydroxylation is 1. The van der Waals surface area contributed by atoms with Crippen molar-refractivity contribution in [1.29, 1.82) is 0 Å². The Morgan fingerprint density at radius 3 is 1.71 bits per heavy atom. The van der Waals surface area contributed by atoms with E-state index in [0.29, 0.717) is 0 Å². The summed E-state index contributed by atoms with van der Waals surface area (Å²) in [5, 5.41) is 0. The third-order valence-electron chi connectivity index (χ3n) is 3.05. The van der Waals surface area contributed by atoms with E-state index in [1.54, 1.807) is 20.8 Å². The third-order valence-corrected chi connectivity index (χ3v) is 3.40. The van der Waals surface area contributed by atoms with E-state index in [9.17, 15) is 0 Å². The first-order chi connectivity index (χ1) is 7.57. The van der Waals surface area contributed by atoms with Gasteiger partial charge in [0.05, 0.1) is 0 Å². The molecule has 0 aliphatic carbocycles. The van der Waals surface area contributed by atoms with Gasteiger partial charge >= 0.3 is 118 Å². The molecule has 2 heteroatoms. The number of benzene rings is 1. The molecule has 0 aliphatic rings. The normalized spacial score (nSPS) is 12.6. The molecule has 0 radical (unpaired) electrons. The molecule has 0 aromatic heterocycles. The van der Waals surface area contributed by atoms with E-state index in [1.807, 2.05) is 0 Å². The van der Waals surface area contributed by atoms with Gasteiger partial charge in [-0.15, -0.1) is 0 Å². The molecule has 1 aromatic carbocycles. The van der Waals surface area contributed by atoms with Crippen LogP contribution in [0.1, 0.15) is 58.2 Å². The van der Waals surface area contributed by atoms with E-state index in [-0.39, 0.29) is 10.8 Å². The topological polar surface area (TPSA) is 9.23 Å². The Labute approximate surface area is 118 Å². The van der Waals surface area contributed by atoms with Crippen LogP contribution in [0.5, 0.6) is 5.75 Å². The predicted octanol–water partition coefficient (Wildman–Crippen LogP) is 4.43. The Morgan fingerprint density at radius 1 is 0.882 bits per heavy atom. The van der Waals surface area contributed by atoms with Crippen LogP contribution in [0, 0.1) is 6.92 Å². The first-order valence-electron chi connectivity index (χ1n) is 6.06. The maximum absolute atomic E-state index is 5.52. The first kappa shape index (κ1) is 14.8. The monoisotopic (exact) mass is 267 g/mol. The summed E-state index contributed by atoms with van der Waals surface area (Å²) in [5.74, 6) is 1.00. The van der Waals surface area contributed by atoms with Crippen molar-refractivity contribution in [2.24, 2.45) is 0 Å². The van der Waals surface area contributed by atoms with E-state index < -0.39 is 0 Å². The number of rotatable bonds is 1. The number of hydrogen-bond acceptors (Lipinski definition) is 1. The summed E-state index contributed by atoms with van der Waals surface area (Å²) in [5.41, 5.74) is 4.29. The van der Waals surface area contributed by atoms with Gasteiger partial charge in [0.25, 0.3) is 0 Å². The molecule has 0 aliphatic heterocycles. The van der Waals surface area contributed by atoms with Gasteiger partial charge in [-0.25, -0.2) is 0 Å². The summed E-state index contributed by atoms with van der Waals surface area (Å²) in [4.78, 5) is 0. The standard InChI is InChI=1S/C15H24O.Ti/c1-10-8-13(16)12(15(5,6)7)9-11(10)14(2,3)4;/h8-9,16H,1-7H3;/q;+1/p-1. The van der Waals surface area contributed by atoms with E-state index in [0.717, 1.165) is 5.75 Å². The summed E-state index contributed by atoms with van der Waals surface area (Å²) in [7, 11) is 0. The Bertz CT molecular complexity index is 408. The van der Waals surface area contributed by atoms with Crippen LogP contribution >= 0.6 is 0 Å². The zero-order chi connectivity index (χ0) is 13.4. The molecular formula is C15H23OTi. The quantitative estimate of drug-likeness (QED) is 0.684. The molecular weight excluding hydrogens is 244 g/mol. The second kappa shape index (κ2) is 4.78. The minimum absolute atomic E-state index is 0.110. The Hall–Kier alpha value is -0.266. The van der Waals surface area contributed by atoms with Crippen molar-refractivity contribution >= 4 is 0 Å². The minimum atomic E-state index is 0.110. The van der Waals surface area contributed by atoms with Crippen molar-refractivity contribution < 1.29 is 24.1 Å². The average molecular weight is 267 g/mol. The molecule has 0 atom stereocenters. The Morgan fingerprint density at radius 2 is 1.35 bits per heavy atom. The van der Waals surface area contributed by atoms with Gasteiger partial charge < -0.3 is 0 Å². The summed E-state index contributed by atoms with van der Waals surface area (Å²) < 4.78 is 5.52. The molecule has 1 rings (SSSR count). The fourth-order valence-electron chi connectivity index (χ4n) is 2.16. The predicted molar refractivity (Wildman–Crippen MR) is 69.2 cm³/mol. The summed E-state index contributed by atoms with van der Waals surface area (Å²) in [6.07, 6.45) is 0. The molecule has 1 nitrogen and oxygen atoms in total. The first-order valence-corrected chi connectivity index (χ1v) is 6.70. The van der Waals surface area contributed by atoms with Crippen molar-refractivity contribution in [2.75, 3.05) is 0 Å². The molecule has 93 valence electrons. The van der Waals surface area contributed by atoms with E-state index >= 15 is 0 Å². The van der Waals surface area contributed by atoms with Crippen molar-refractivity contribution in [3.05, 3.63) is 28.8 Å². The van der Waals surface area contributed by atoms with Gasteiger partial charge in [0, 0.05) is 0 Å². The van der Waals surface area contributed by atoms with Crippen molar-refractivity contribution in [1.82, 2.24) is 0 Å². The van der Waals surface area contributed by atoms with Gasteiger partial charge in [0.2, 0.25) is 0 Å². The molecule has 0 N–H and O–H groups in total. The zero-order valence-electron chi connectivity index (χ0n) is 12.1. The van der Waals surface area contributed by atoms with E-state index in [2.05, 4.69) is 60.6 Å². The molecule has 0 bridgehead atoms. The zero-order valence-corrected chi connectivity index (χ0v) is 13.6. The van der Waals surface area contributed by atoms with Crippen LogP contribution in [0.2, 0.25) is 0 Å². The maximum atomic E-state index is 5.52. The Kier molecular flexibility index (Phi) is 4.16. The summed E-state index contributed by atoms with van der Waals surface area (Å²) in [6.45, 7) is 15.6. The molecule has 0 amide bonds. The molecule has 0 saturated carbocycles. The molecule has 0 heterocycles. The van der Waals surface area contributed by atoms with Crippen molar-refractivity contribution in [3.8, 4) is 5.75 Å². The summed E-state index contributed by atoms with van der Waals surface area (Å²) in [6, 6.07) is 4.48. The van der Waals surface area contributed by atoms with Crippen LogP contribution in [0.25, 0.3) is 0 Å². The number of hydrogen-bond donors (Lipinski definition) is 0. The van der Waals surface area contributed by atoms with E-state index in [4.69, 9.17) is 3.32 Å². The third kappa shape index (κ3) is 3.36. The average Bonchev–Trinajstić information content (AvgIpc) is 2.13. The van der Waals surface area contributed by atoms with E-state index in [1.165, 1.54) is 16.7 Å². The van der Waals surface area contributed by atoms with Crippen LogP contribution in [-0.2, 0) is 31.7 Å². The van der Waals surface area contributed by atoms with Crippen molar-refractivity contribution in [2.45, 2.75) is 59.3 Å². The molecule has 0 unspecified atom stereocenters. The van der Waals surface area contributed by atoms with Gasteiger partial charge in [-0.3, -0.25) is 0 Å². The molecule has 0 fully saturated rings. The van der Waals surface area contributed by atoms with Crippen LogP contribution < -0.4 is 3.32 Å². The van der Waals surface area contributed by atoms with Crippen LogP contribution in [0.3, 0.4) is 0 Å².